The van der Waals surface area contributed by atoms with Gasteiger partial charge in [-0.2, -0.15) is 0 Å². The summed E-state index contributed by atoms with van der Waals surface area (Å²) in [7, 11) is 1.69. The van der Waals surface area contributed by atoms with E-state index in [-0.39, 0.29) is 0 Å². The molecule has 1 aromatic carbocycles. The highest BCUT2D eigenvalue weighted by molar-refractivity contribution is 5.62. The van der Waals surface area contributed by atoms with E-state index in [0.29, 0.717) is 0 Å². The first-order valence-electron chi connectivity index (χ1n) is 7.50. The smallest absolute Gasteiger partial charge is 0.143 e. The largest absolute Gasteiger partial charge is 0.495 e. The van der Waals surface area contributed by atoms with Crippen LogP contribution in [0.5, 0.6) is 5.75 Å². The van der Waals surface area contributed by atoms with Gasteiger partial charge in [-0.15, -0.1) is 0 Å². The first-order chi connectivity index (χ1) is 9.29. The Bertz CT molecular complexity index is 444. The molecular formula is C16H24N2O. The number of hydrogen-bond acceptors (Lipinski definition) is 3. The number of benzene rings is 1. The number of rotatable bonds is 2. The zero-order valence-corrected chi connectivity index (χ0v) is 11.8. The minimum Gasteiger partial charge on any atom is -0.495 e. The summed E-state index contributed by atoms with van der Waals surface area (Å²) < 4.78 is 5.36. The van der Waals surface area contributed by atoms with Crippen molar-refractivity contribution in [2.75, 3.05) is 24.3 Å². The molecule has 2 aliphatic rings. The predicted octanol–water partition coefficient (Wildman–Crippen LogP) is 3.44. The lowest BCUT2D eigenvalue weighted by atomic mass is 9.78. The monoisotopic (exact) mass is 260 g/mol. The second-order valence-corrected chi connectivity index (χ2v) is 5.87. The lowest BCUT2D eigenvalue weighted by Crippen LogP contribution is -2.46. The Labute approximate surface area is 115 Å². The molecule has 1 saturated carbocycles. The molecule has 0 bridgehead atoms. The molecule has 1 aromatic rings. The maximum atomic E-state index is 5.92. The van der Waals surface area contributed by atoms with Gasteiger partial charge in [-0.25, -0.2) is 0 Å². The third-order valence-corrected chi connectivity index (χ3v) is 4.79. The van der Waals surface area contributed by atoms with Crippen molar-refractivity contribution in [2.45, 2.75) is 44.6 Å². The Hall–Kier alpha value is -1.38. The van der Waals surface area contributed by atoms with E-state index < -0.39 is 0 Å². The van der Waals surface area contributed by atoms with Crippen molar-refractivity contribution in [3.63, 3.8) is 0 Å². The molecule has 1 saturated heterocycles. The average Bonchev–Trinajstić information content (AvgIpc) is 2.47. The molecule has 3 nitrogen and oxygen atoms in total. The van der Waals surface area contributed by atoms with Gasteiger partial charge in [0.1, 0.15) is 5.75 Å². The summed E-state index contributed by atoms with van der Waals surface area (Å²) >= 11 is 0. The fraction of sp³-hybridized carbons (Fsp3) is 0.625. The Kier molecular flexibility index (Phi) is 3.54. The van der Waals surface area contributed by atoms with Crippen molar-refractivity contribution in [1.82, 2.24) is 0 Å². The highest BCUT2D eigenvalue weighted by atomic mass is 16.5. The van der Waals surface area contributed by atoms with Crippen molar-refractivity contribution in [1.29, 1.82) is 0 Å². The molecule has 2 N–H and O–H groups in total. The number of hydrogen-bond donors (Lipinski definition) is 1. The molecule has 0 radical (unpaired) electrons. The first kappa shape index (κ1) is 12.6. The number of nitrogens with zero attached hydrogens (tertiary/aromatic N) is 1. The summed E-state index contributed by atoms with van der Waals surface area (Å²) in [4.78, 5) is 2.59. The number of anilines is 2. The average molecular weight is 260 g/mol. The van der Waals surface area contributed by atoms with E-state index in [4.69, 9.17) is 10.5 Å². The lowest BCUT2D eigenvalue weighted by Gasteiger charge is -2.45. The molecule has 104 valence electrons. The standard InChI is InChI=1S/C16H24N2O/c1-19-16-11-13(8-9-14(16)17)18-10-4-6-12-5-2-3-7-15(12)18/h8-9,11-12,15H,2-7,10,17H2,1H3/t12-,15-/m1/s1. The topological polar surface area (TPSA) is 38.5 Å². The molecule has 3 rings (SSSR count). The zero-order valence-electron chi connectivity index (χ0n) is 11.8. The maximum Gasteiger partial charge on any atom is 0.143 e. The van der Waals surface area contributed by atoms with E-state index in [9.17, 15) is 0 Å². The summed E-state index contributed by atoms with van der Waals surface area (Å²) in [5.74, 6) is 1.70. The number of nitrogen functional groups attached to an aromatic ring is 1. The fourth-order valence-corrected chi connectivity index (χ4v) is 3.82. The van der Waals surface area contributed by atoms with E-state index >= 15 is 0 Å². The third kappa shape index (κ3) is 2.38. The summed E-state index contributed by atoms with van der Waals surface area (Å²) in [6.07, 6.45) is 8.27. The molecule has 2 fully saturated rings. The van der Waals surface area contributed by atoms with Gasteiger partial charge in [0.15, 0.2) is 0 Å². The van der Waals surface area contributed by atoms with Crippen LogP contribution >= 0.6 is 0 Å². The molecule has 0 amide bonds. The normalized spacial score (nSPS) is 26.9. The number of fused-ring (bicyclic) bond motifs is 1. The van der Waals surface area contributed by atoms with E-state index in [1.54, 1.807) is 7.11 Å². The Morgan fingerprint density at radius 1 is 1.16 bits per heavy atom. The number of ether oxygens (including phenoxy) is 1. The predicted molar refractivity (Wildman–Crippen MR) is 79.7 cm³/mol. The van der Waals surface area contributed by atoms with Crippen LogP contribution in [0.4, 0.5) is 11.4 Å². The van der Waals surface area contributed by atoms with Gasteiger partial charge in [0.2, 0.25) is 0 Å². The maximum absolute atomic E-state index is 5.92. The van der Waals surface area contributed by atoms with Gasteiger partial charge >= 0.3 is 0 Å². The highest BCUT2D eigenvalue weighted by Gasteiger charge is 2.33. The second kappa shape index (κ2) is 5.32. The molecule has 1 heterocycles. The second-order valence-electron chi connectivity index (χ2n) is 5.87. The molecule has 0 aromatic heterocycles. The summed E-state index contributed by atoms with van der Waals surface area (Å²) in [6.45, 7) is 1.17. The molecule has 0 spiro atoms. The Morgan fingerprint density at radius 3 is 2.79 bits per heavy atom. The first-order valence-corrected chi connectivity index (χ1v) is 7.50. The molecule has 0 unspecified atom stereocenters. The SMILES string of the molecule is COc1cc(N2CCC[C@H]3CCCC[C@H]32)ccc1N. The van der Waals surface area contributed by atoms with Crippen molar-refractivity contribution < 1.29 is 4.74 Å². The van der Waals surface area contributed by atoms with Gasteiger partial charge in [-0.1, -0.05) is 12.8 Å². The van der Waals surface area contributed by atoms with E-state index in [1.165, 1.54) is 50.8 Å². The summed E-state index contributed by atoms with van der Waals surface area (Å²) in [5, 5.41) is 0. The Balaban J connectivity index is 1.87. The Morgan fingerprint density at radius 2 is 1.95 bits per heavy atom. The van der Waals surface area contributed by atoms with Crippen LogP contribution in [0, 0.1) is 5.92 Å². The third-order valence-electron chi connectivity index (χ3n) is 4.79. The van der Waals surface area contributed by atoms with Crippen LogP contribution in [0.3, 0.4) is 0 Å². The van der Waals surface area contributed by atoms with Crippen LogP contribution in [-0.2, 0) is 0 Å². The van der Waals surface area contributed by atoms with Crippen LogP contribution in [0.1, 0.15) is 38.5 Å². The molecule has 1 aliphatic heterocycles. The van der Waals surface area contributed by atoms with Gasteiger partial charge in [0, 0.05) is 24.3 Å². The minimum absolute atomic E-state index is 0.725. The quantitative estimate of drug-likeness (QED) is 0.828. The summed E-state index contributed by atoms with van der Waals surface area (Å²) in [5.41, 5.74) is 7.92. The lowest BCUT2D eigenvalue weighted by molar-refractivity contribution is 0.243. The van der Waals surface area contributed by atoms with Crippen LogP contribution in [0.2, 0.25) is 0 Å². The van der Waals surface area contributed by atoms with Crippen LogP contribution < -0.4 is 15.4 Å². The molecule has 19 heavy (non-hydrogen) atoms. The van der Waals surface area contributed by atoms with Crippen molar-refractivity contribution in [2.24, 2.45) is 5.92 Å². The van der Waals surface area contributed by atoms with E-state index in [2.05, 4.69) is 17.0 Å². The zero-order chi connectivity index (χ0) is 13.2. The van der Waals surface area contributed by atoms with Crippen LogP contribution in [0.15, 0.2) is 18.2 Å². The van der Waals surface area contributed by atoms with Crippen LogP contribution in [0.25, 0.3) is 0 Å². The fourth-order valence-electron chi connectivity index (χ4n) is 3.82. The number of nitrogens with two attached hydrogens (primary N) is 1. The van der Waals surface area contributed by atoms with Gasteiger partial charge in [0.05, 0.1) is 12.8 Å². The minimum atomic E-state index is 0.725. The van der Waals surface area contributed by atoms with E-state index in [0.717, 1.165) is 23.4 Å². The highest BCUT2D eigenvalue weighted by Crippen LogP contribution is 2.39. The van der Waals surface area contributed by atoms with Gasteiger partial charge in [-0.05, 0) is 43.7 Å². The molecule has 1 aliphatic carbocycles. The number of methoxy groups -OCH3 is 1. The van der Waals surface area contributed by atoms with Gasteiger partial charge < -0.3 is 15.4 Å². The van der Waals surface area contributed by atoms with E-state index in [1.807, 2.05) is 6.07 Å². The molecular weight excluding hydrogens is 236 g/mol. The summed E-state index contributed by atoms with van der Waals surface area (Å²) in [6, 6.07) is 6.96. The van der Waals surface area contributed by atoms with Crippen molar-refractivity contribution in [3.8, 4) is 5.75 Å². The van der Waals surface area contributed by atoms with Crippen LogP contribution in [-0.4, -0.2) is 19.7 Å². The van der Waals surface area contributed by atoms with Crippen molar-refractivity contribution >= 4 is 11.4 Å². The van der Waals surface area contributed by atoms with Gasteiger partial charge in [-0.3, -0.25) is 0 Å². The van der Waals surface area contributed by atoms with Gasteiger partial charge in [0.25, 0.3) is 0 Å². The number of piperidine rings is 1. The molecule has 2 atom stereocenters. The van der Waals surface area contributed by atoms with Crippen molar-refractivity contribution in [3.05, 3.63) is 18.2 Å². The molecule has 3 heteroatoms.